The van der Waals surface area contributed by atoms with Crippen LogP contribution < -0.4 is 9.47 Å². The quantitative estimate of drug-likeness (QED) is 0.0475. The van der Waals surface area contributed by atoms with E-state index in [0.717, 1.165) is 24.0 Å². The molecule has 11 heteroatoms. The highest BCUT2D eigenvalue weighted by atomic mass is 16.5. The SMILES string of the molecule is C=C(CO)C(=O)OCCCCCCOC(=O)c1ccc(-c2ccc(OC(=O)c3ccc(OCCCCOC(=O)C(=C)CO)cc3)cc2)cc1. The topological polar surface area (TPSA) is 155 Å². The summed E-state index contributed by atoms with van der Waals surface area (Å²) in [4.78, 5) is 47.9. The minimum absolute atomic E-state index is 0.0144. The van der Waals surface area contributed by atoms with Gasteiger partial charge in [-0.25, -0.2) is 19.2 Å². The summed E-state index contributed by atoms with van der Waals surface area (Å²) in [5, 5.41) is 17.7. The Morgan fingerprint density at radius 1 is 0.490 bits per heavy atom. The first-order valence-corrected chi connectivity index (χ1v) is 16.0. The van der Waals surface area contributed by atoms with E-state index in [4.69, 9.17) is 33.9 Å². The van der Waals surface area contributed by atoms with Crippen molar-refractivity contribution in [2.45, 2.75) is 38.5 Å². The van der Waals surface area contributed by atoms with Crippen LogP contribution in [0.1, 0.15) is 59.2 Å². The summed E-state index contributed by atoms with van der Waals surface area (Å²) in [6.07, 6.45) is 4.21. The fourth-order valence-corrected chi connectivity index (χ4v) is 4.23. The minimum atomic E-state index is -0.613. The number of esters is 4. The Morgan fingerprint density at radius 3 is 1.43 bits per heavy atom. The number of hydrogen-bond acceptors (Lipinski definition) is 11. The molecule has 3 rings (SSSR count). The van der Waals surface area contributed by atoms with E-state index >= 15 is 0 Å². The molecule has 49 heavy (non-hydrogen) atoms. The smallest absolute Gasteiger partial charge is 0.343 e. The molecule has 0 heterocycles. The second-order valence-corrected chi connectivity index (χ2v) is 10.9. The van der Waals surface area contributed by atoms with Crippen LogP contribution >= 0.6 is 0 Å². The molecule has 0 saturated carbocycles. The predicted octanol–water partition coefficient (Wildman–Crippen LogP) is 5.63. The Hall–Kier alpha value is -5.26. The number of unbranched alkanes of at least 4 members (excludes halogenated alkanes) is 4. The van der Waals surface area contributed by atoms with E-state index < -0.39 is 37.1 Å². The number of rotatable bonds is 21. The molecule has 0 radical (unpaired) electrons. The van der Waals surface area contributed by atoms with Crippen LogP contribution in [0.3, 0.4) is 0 Å². The van der Waals surface area contributed by atoms with Gasteiger partial charge in [0.1, 0.15) is 11.5 Å². The summed E-state index contributed by atoms with van der Waals surface area (Å²) in [7, 11) is 0. The van der Waals surface area contributed by atoms with E-state index in [1.807, 2.05) is 24.3 Å². The van der Waals surface area contributed by atoms with Crippen molar-refractivity contribution in [3.8, 4) is 22.6 Å². The molecule has 2 N–H and O–H groups in total. The summed E-state index contributed by atoms with van der Waals surface area (Å²) >= 11 is 0. The van der Waals surface area contributed by atoms with E-state index in [0.29, 0.717) is 54.9 Å². The van der Waals surface area contributed by atoms with Crippen molar-refractivity contribution in [1.82, 2.24) is 0 Å². The molecular formula is C38H42O11. The molecule has 0 atom stereocenters. The van der Waals surface area contributed by atoms with Crippen LogP contribution in [-0.4, -0.2) is 73.7 Å². The zero-order chi connectivity index (χ0) is 35.4. The van der Waals surface area contributed by atoms with Gasteiger partial charge in [0.25, 0.3) is 0 Å². The van der Waals surface area contributed by atoms with Crippen molar-refractivity contribution in [3.05, 3.63) is 108 Å². The highest BCUT2D eigenvalue weighted by Crippen LogP contribution is 2.24. The van der Waals surface area contributed by atoms with Crippen LogP contribution in [0.5, 0.6) is 11.5 Å². The first-order chi connectivity index (χ1) is 23.7. The van der Waals surface area contributed by atoms with Crippen LogP contribution in [0.4, 0.5) is 0 Å². The largest absolute Gasteiger partial charge is 0.494 e. The van der Waals surface area contributed by atoms with E-state index in [2.05, 4.69) is 13.2 Å². The number of aliphatic hydroxyl groups is 2. The number of carbonyl (C=O) groups excluding carboxylic acids is 4. The molecule has 11 nitrogen and oxygen atoms in total. The maximum Gasteiger partial charge on any atom is 0.343 e. The Bertz CT molecular complexity index is 1540. The minimum Gasteiger partial charge on any atom is -0.494 e. The lowest BCUT2D eigenvalue weighted by molar-refractivity contribution is -0.140. The molecule has 0 unspecified atom stereocenters. The van der Waals surface area contributed by atoms with Gasteiger partial charge >= 0.3 is 23.9 Å². The summed E-state index contributed by atoms with van der Waals surface area (Å²) in [6.45, 7) is 7.10. The van der Waals surface area contributed by atoms with Crippen LogP contribution in [0.15, 0.2) is 97.1 Å². The number of hydrogen-bond donors (Lipinski definition) is 2. The fraction of sp³-hybridized carbons (Fsp3) is 0.316. The lowest BCUT2D eigenvalue weighted by Gasteiger charge is -2.09. The lowest BCUT2D eigenvalue weighted by atomic mass is 10.0. The molecule has 260 valence electrons. The average Bonchev–Trinajstić information content (AvgIpc) is 3.13. The molecule has 0 spiro atoms. The van der Waals surface area contributed by atoms with Gasteiger partial charge in [0.2, 0.25) is 0 Å². The van der Waals surface area contributed by atoms with Crippen LogP contribution in [0, 0.1) is 0 Å². The zero-order valence-corrected chi connectivity index (χ0v) is 27.4. The standard InChI is InChI=1S/C38H42O11/c1-27(25-39)35(41)46-22-5-3-4-6-23-48-37(43)31-11-9-29(10-12-31)30-13-19-34(20-14-30)49-38(44)32-15-17-33(18-16-32)45-21-7-8-24-47-36(42)28(2)26-40/h9-20,39-40H,1-8,21-26H2. The number of aliphatic hydroxyl groups excluding tert-OH is 2. The zero-order valence-electron chi connectivity index (χ0n) is 27.4. The molecule has 3 aromatic rings. The van der Waals surface area contributed by atoms with Crippen molar-refractivity contribution in [2.75, 3.05) is 39.6 Å². The predicted molar refractivity (Wildman–Crippen MR) is 181 cm³/mol. The molecule has 0 aliphatic carbocycles. The molecule has 0 fully saturated rings. The first kappa shape index (κ1) is 38.2. The van der Waals surface area contributed by atoms with Crippen molar-refractivity contribution < 1.29 is 53.1 Å². The van der Waals surface area contributed by atoms with E-state index in [1.54, 1.807) is 48.5 Å². The first-order valence-electron chi connectivity index (χ1n) is 16.0. The van der Waals surface area contributed by atoms with Gasteiger partial charge in [-0.2, -0.15) is 0 Å². The Morgan fingerprint density at radius 2 is 0.898 bits per heavy atom. The second kappa shape index (κ2) is 20.9. The second-order valence-electron chi connectivity index (χ2n) is 10.9. The number of carbonyl (C=O) groups is 4. The Labute approximate surface area is 285 Å². The van der Waals surface area contributed by atoms with Gasteiger partial charge in [-0.3, -0.25) is 0 Å². The van der Waals surface area contributed by atoms with Gasteiger partial charge in [0.05, 0.1) is 61.9 Å². The van der Waals surface area contributed by atoms with Crippen molar-refractivity contribution in [2.24, 2.45) is 0 Å². The van der Waals surface area contributed by atoms with E-state index in [9.17, 15) is 19.2 Å². The summed E-state index contributed by atoms with van der Waals surface area (Å²) in [5.74, 6) is -1.16. The third kappa shape index (κ3) is 13.4. The van der Waals surface area contributed by atoms with Crippen molar-refractivity contribution in [1.29, 1.82) is 0 Å². The van der Waals surface area contributed by atoms with Gasteiger partial charge < -0.3 is 33.9 Å². The summed E-state index contributed by atoms with van der Waals surface area (Å²) in [6, 6.07) is 20.6. The van der Waals surface area contributed by atoms with Gasteiger partial charge in [0, 0.05) is 0 Å². The Balaban J connectivity index is 1.34. The number of ether oxygens (including phenoxy) is 5. The van der Waals surface area contributed by atoms with Gasteiger partial charge in [-0.1, -0.05) is 37.4 Å². The summed E-state index contributed by atoms with van der Waals surface area (Å²) in [5.41, 5.74) is 2.59. The highest BCUT2D eigenvalue weighted by Gasteiger charge is 2.12. The molecule has 0 aliphatic rings. The van der Waals surface area contributed by atoms with Gasteiger partial charge in [0.15, 0.2) is 0 Å². The fourth-order valence-electron chi connectivity index (χ4n) is 4.23. The lowest BCUT2D eigenvalue weighted by Crippen LogP contribution is -2.11. The third-order valence-electron chi connectivity index (χ3n) is 7.11. The van der Waals surface area contributed by atoms with Crippen molar-refractivity contribution >= 4 is 23.9 Å². The van der Waals surface area contributed by atoms with E-state index in [1.165, 1.54) is 0 Å². The molecule has 0 saturated heterocycles. The average molecular weight is 675 g/mol. The van der Waals surface area contributed by atoms with Crippen molar-refractivity contribution in [3.63, 3.8) is 0 Å². The Kier molecular flexibility index (Phi) is 16.3. The maximum atomic E-state index is 12.6. The molecule has 0 aliphatic heterocycles. The normalized spacial score (nSPS) is 10.5. The van der Waals surface area contributed by atoms with Crippen LogP contribution in [0.2, 0.25) is 0 Å². The molecule has 0 amide bonds. The van der Waals surface area contributed by atoms with Crippen LogP contribution in [0.25, 0.3) is 11.1 Å². The van der Waals surface area contributed by atoms with Gasteiger partial charge in [-0.15, -0.1) is 0 Å². The summed E-state index contributed by atoms with van der Waals surface area (Å²) < 4.78 is 26.5. The maximum absolute atomic E-state index is 12.6. The van der Waals surface area contributed by atoms with Crippen LogP contribution in [-0.2, 0) is 23.8 Å². The molecule has 0 aromatic heterocycles. The third-order valence-corrected chi connectivity index (χ3v) is 7.11. The van der Waals surface area contributed by atoms with E-state index in [-0.39, 0.29) is 31.0 Å². The molecule has 3 aromatic carbocycles. The monoisotopic (exact) mass is 674 g/mol. The van der Waals surface area contributed by atoms with Gasteiger partial charge in [-0.05, 0) is 98.2 Å². The molecular weight excluding hydrogens is 632 g/mol. The highest BCUT2D eigenvalue weighted by molar-refractivity contribution is 5.91. The number of benzene rings is 3. The molecule has 0 bridgehead atoms.